The summed E-state index contributed by atoms with van der Waals surface area (Å²) < 4.78 is 4.83. The maximum absolute atomic E-state index is 5.13. The zero-order chi connectivity index (χ0) is 33.5. The van der Waals surface area contributed by atoms with Gasteiger partial charge in [0.15, 0.2) is 0 Å². The van der Waals surface area contributed by atoms with Crippen LogP contribution in [0.3, 0.4) is 0 Å². The van der Waals surface area contributed by atoms with Crippen molar-refractivity contribution in [1.82, 2.24) is 24.1 Å². The topological polar surface area (TPSA) is 49.9 Å². The minimum Gasteiger partial charge on any atom is -0.317 e. The Balaban J connectivity index is 1.21. The summed E-state index contributed by atoms with van der Waals surface area (Å²) in [4.78, 5) is 16.6. The number of rotatable bonds is 4. The standard InChI is InChI=1S/C45H29N6/c1-2-13-31(14-3-1)49-39-18-6-7-19-40(39)51-44-33(16-8-20-42(44)49)34-21-22-41-43(45(34)51)35-15-4-5-17-38(35)50(41)32-25-36(29-11-9-23-46-27-29)48-37(26-32)30-12-10-24-47-28-30/h1-28,44H/q+1. The van der Waals surface area contributed by atoms with Gasteiger partial charge in [0.25, 0.3) is 0 Å². The molecule has 11 rings (SSSR count). The smallest absolute Gasteiger partial charge is 0.235 e. The van der Waals surface area contributed by atoms with E-state index in [4.69, 9.17) is 4.98 Å². The minimum absolute atomic E-state index is 0.0445. The summed E-state index contributed by atoms with van der Waals surface area (Å²) in [6, 6.07) is 45.4. The third-order valence-corrected chi connectivity index (χ3v) is 10.4. The largest absolute Gasteiger partial charge is 0.317 e. The van der Waals surface area contributed by atoms with Crippen LogP contribution in [0.4, 0.5) is 22.7 Å². The fourth-order valence-corrected chi connectivity index (χ4v) is 8.32. The molecule has 0 saturated heterocycles. The molecule has 6 heteroatoms. The van der Waals surface area contributed by atoms with E-state index in [-0.39, 0.29) is 6.04 Å². The number of pyridine rings is 3. The number of fused-ring (bicyclic) bond motifs is 9. The van der Waals surface area contributed by atoms with Crippen molar-refractivity contribution in [2.45, 2.75) is 6.04 Å². The van der Waals surface area contributed by atoms with Gasteiger partial charge >= 0.3 is 0 Å². The maximum atomic E-state index is 5.13. The Bertz CT molecular complexity index is 2740. The van der Waals surface area contributed by atoms with Crippen molar-refractivity contribution in [2.75, 3.05) is 4.90 Å². The Hall–Kier alpha value is -6.92. The highest BCUT2D eigenvalue weighted by atomic mass is 15.3. The Morgan fingerprint density at radius 1 is 0.647 bits per heavy atom. The predicted molar refractivity (Wildman–Crippen MR) is 207 cm³/mol. The molecule has 3 aliphatic rings. The van der Waals surface area contributed by atoms with Crippen LogP contribution >= 0.6 is 0 Å². The van der Waals surface area contributed by atoms with Gasteiger partial charge in [-0.1, -0.05) is 66.7 Å². The van der Waals surface area contributed by atoms with E-state index in [1.165, 1.54) is 44.7 Å². The Morgan fingerprint density at radius 2 is 1.37 bits per heavy atom. The summed E-state index contributed by atoms with van der Waals surface area (Å²) in [5.41, 5.74) is 15.6. The minimum atomic E-state index is 0.0445. The highest BCUT2D eigenvalue weighted by Crippen LogP contribution is 2.56. The zero-order valence-corrected chi connectivity index (χ0v) is 27.4. The van der Waals surface area contributed by atoms with Crippen molar-refractivity contribution in [2.24, 2.45) is 0 Å². The van der Waals surface area contributed by atoms with Crippen molar-refractivity contribution in [3.8, 4) is 28.2 Å². The molecule has 51 heavy (non-hydrogen) atoms. The number of nitrogens with zero attached hydrogens (tertiary/aromatic N) is 6. The second-order valence-electron chi connectivity index (χ2n) is 13.1. The van der Waals surface area contributed by atoms with Gasteiger partial charge in [-0.3, -0.25) is 9.97 Å². The second kappa shape index (κ2) is 10.8. The van der Waals surface area contributed by atoms with Gasteiger partial charge in [-0.25, -0.2) is 4.98 Å². The molecule has 0 bridgehead atoms. The molecule has 6 nitrogen and oxygen atoms in total. The Labute approximate surface area is 294 Å². The summed E-state index contributed by atoms with van der Waals surface area (Å²) >= 11 is 0. The number of hydrogen-bond donors (Lipinski definition) is 0. The summed E-state index contributed by atoms with van der Waals surface area (Å²) in [6.07, 6.45) is 14.1. The van der Waals surface area contributed by atoms with Crippen molar-refractivity contribution in [3.63, 3.8) is 0 Å². The Morgan fingerprint density at radius 3 is 2.14 bits per heavy atom. The molecule has 1 aliphatic carbocycles. The molecule has 0 radical (unpaired) electrons. The average molecular weight is 654 g/mol. The van der Waals surface area contributed by atoms with E-state index < -0.39 is 0 Å². The molecule has 4 aromatic heterocycles. The van der Waals surface area contributed by atoms with Crippen LogP contribution in [0, 0.1) is 0 Å². The quantitative estimate of drug-likeness (QED) is 0.178. The molecule has 0 amide bonds. The van der Waals surface area contributed by atoms with Crippen LogP contribution < -0.4 is 9.48 Å². The zero-order valence-electron chi connectivity index (χ0n) is 27.4. The van der Waals surface area contributed by atoms with Gasteiger partial charge in [-0.15, -0.1) is 0 Å². The third-order valence-electron chi connectivity index (χ3n) is 10.4. The SMILES string of the molecule is C1=CC2=[N+](c3ccccc3)c3ccccc3N3c4c(ccc5c4c4ccccc4n5-c4cc(-c5cccnc5)nc(-c5cccnc5)c4)C(=C1)C23. The lowest BCUT2D eigenvalue weighted by Crippen LogP contribution is -2.43. The van der Waals surface area contributed by atoms with E-state index >= 15 is 0 Å². The van der Waals surface area contributed by atoms with Crippen LogP contribution in [-0.2, 0) is 0 Å². The molecule has 6 heterocycles. The fraction of sp³-hybridized carbons (Fsp3) is 0.0222. The molecule has 1 unspecified atom stereocenters. The lowest BCUT2D eigenvalue weighted by molar-refractivity contribution is 0.933. The van der Waals surface area contributed by atoms with Gasteiger partial charge in [0.1, 0.15) is 11.7 Å². The molecule has 8 aromatic rings. The third kappa shape index (κ3) is 4.04. The number of anilines is 2. The molecule has 0 N–H and O–H groups in total. The van der Waals surface area contributed by atoms with Gasteiger partial charge in [0.05, 0.1) is 33.8 Å². The highest BCUT2D eigenvalue weighted by Gasteiger charge is 2.49. The van der Waals surface area contributed by atoms with E-state index in [1.54, 1.807) is 12.4 Å². The molecule has 0 saturated carbocycles. The lowest BCUT2D eigenvalue weighted by Gasteiger charge is -2.33. The lowest BCUT2D eigenvalue weighted by atomic mass is 9.92. The monoisotopic (exact) mass is 653 g/mol. The van der Waals surface area contributed by atoms with Crippen molar-refractivity contribution >= 4 is 55.8 Å². The molecule has 4 aromatic carbocycles. The number of hydrogen-bond acceptors (Lipinski definition) is 4. The van der Waals surface area contributed by atoms with Crippen LogP contribution in [0.1, 0.15) is 5.56 Å². The van der Waals surface area contributed by atoms with E-state index in [9.17, 15) is 0 Å². The molecule has 2 aliphatic heterocycles. The summed E-state index contributed by atoms with van der Waals surface area (Å²) in [5, 5.41) is 2.45. The van der Waals surface area contributed by atoms with Gasteiger partial charge < -0.3 is 9.47 Å². The predicted octanol–water partition coefficient (Wildman–Crippen LogP) is 10.1. The average Bonchev–Trinajstić information content (AvgIpc) is 3.73. The number of allylic oxidation sites excluding steroid dienone is 2. The summed E-state index contributed by atoms with van der Waals surface area (Å²) in [5.74, 6) is 0. The fourth-order valence-electron chi connectivity index (χ4n) is 8.32. The van der Waals surface area contributed by atoms with Crippen LogP contribution in [0.25, 0.3) is 55.6 Å². The summed E-state index contributed by atoms with van der Waals surface area (Å²) in [7, 11) is 0. The highest BCUT2D eigenvalue weighted by molar-refractivity contribution is 6.27. The van der Waals surface area contributed by atoms with E-state index in [0.29, 0.717) is 0 Å². The number of benzene rings is 4. The summed E-state index contributed by atoms with van der Waals surface area (Å²) in [6.45, 7) is 0. The molecular weight excluding hydrogens is 625 g/mol. The van der Waals surface area contributed by atoms with E-state index in [0.717, 1.165) is 44.9 Å². The normalized spacial score (nSPS) is 15.6. The van der Waals surface area contributed by atoms with Crippen LogP contribution in [0.2, 0.25) is 0 Å². The van der Waals surface area contributed by atoms with Crippen LogP contribution in [0.15, 0.2) is 170 Å². The molecule has 0 spiro atoms. The second-order valence-corrected chi connectivity index (χ2v) is 13.1. The number of para-hydroxylation sites is 4. The van der Waals surface area contributed by atoms with E-state index in [2.05, 4.69) is 157 Å². The van der Waals surface area contributed by atoms with Crippen LogP contribution in [0.5, 0.6) is 0 Å². The number of aromatic nitrogens is 4. The van der Waals surface area contributed by atoms with E-state index in [1.807, 2.05) is 24.5 Å². The van der Waals surface area contributed by atoms with Gasteiger partial charge in [0.2, 0.25) is 17.1 Å². The van der Waals surface area contributed by atoms with Crippen molar-refractivity contribution < 1.29 is 0 Å². The first-order valence-corrected chi connectivity index (χ1v) is 17.2. The molecule has 0 fully saturated rings. The van der Waals surface area contributed by atoms with Crippen molar-refractivity contribution in [3.05, 3.63) is 176 Å². The van der Waals surface area contributed by atoms with Gasteiger partial charge in [0, 0.05) is 76.5 Å². The molecule has 1 atom stereocenters. The Kier molecular flexibility index (Phi) is 5.92. The molecular formula is C45H29N6+. The molecule has 238 valence electrons. The first kappa shape index (κ1) is 28.0. The van der Waals surface area contributed by atoms with Gasteiger partial charge in [-0.05, 0) is 60.2 Å². The first-order valence-electron chi connectivity index (χ1n) is 17.2. The van der Waals surface area contributed by atoms with Crippen molar-refractivity contribution in [1.29, 1.82) is 0 Å². The van der Waals surface area contributed by atoms with Crippen LogP contribution in [-0.4, -0.2) is 31.3 Å². The first-order chi connectivity index (χ1) is 25.3. The maximum Gasteiger partial charge on any atom is 0.235 e. The van der Waals surface area contributed by atoms with Gasteiger partial charge in [-0.2, -0.15) is 4.58 Å².